The Morgan fingerprint density at radius 1 is 1.00 bits per heavy atom. The number of carbonyl (C=O) groups is 2. The van der Waals surface area contributed by atoms with Gasteiger partial charge in [-0.2, -0.15) is 0 Å². The molecule has 2 aromatic carbocycles. The third kappa shape index (κ3) is 3.51. The molecule has 2 heterocycles. The summed E-state index contributed by atoms with van der Waals surface area (Å²) in [5, 5.41) is 1.12. The number of amides is 1. The molecule has 1 aliphatic heterocycles. The number of benzene rings is 2. The van der Waals surface area contributed by atoms with E-state index in [1.165, 1.54) is 0 Å². The van der Waals surface area contributed by atoms with Gasteiger partial charge in [0.05, 0.1) is 0 Å². The minimum absolute atomic E-state index is 0.00902. The summed E-state index contributed by atoms with van der Waals surface area (Å²) in [6, 6.07) is 17.6. The fourth-order valence-electron chi connectivity index (χ4n) is 4.06. The first-order chi connectivity index (χ1) is 13.6. The topological polar surface area (TPSA) is 42.3 Å². The molecule has 1 fully saturated rings. The zero-order valence-electron chi connectivity index (χ0n) is 15.9. The Bertz CT molecular complexity index is 1020. The van der Waals surface area contributed by atoms with Gasteiger partial charge in [-0.3, -0.25) is 9.59 Å². The fraction of sp³-hybridized carbons (Fsp3) is 0.304. The van der Waals surface area contributed by atoms with Gasteiger partial charge in [0.2, 0.25) is 5.91 Å². The summed E-state index contributed by atoms with van der Waals surface area (Å²) in [5.41, 5.74) is 2.89. The van der Waals surface area contributed by atoms with E-state index in [0.29, 0.717) is 19.6 Å². The highest BCUT2D eigenvalue weighted by atomic mass is 79.9. The molecule has 0 radical (unpaired) electrons. The van der Waals surface area contributed by atoms with Crippen LogP contribution in [0.2, 0.25) is 0 Å². The van der Waals surface area contributed by atoms with E-state index in [9.17, 15) is 9.59 Å². The summed E-state index contributed by atoms with van der Waals surface area (Å²) >= 11 is 3.65. The van der Waals surface area contributed by atoms with Gasteiger partial charge in [-0.25, -0.2) is 0 Å². The molecule has 28 heavy (non-hydrogen) atoms. The van der Waals surface area contributed by atoms with E-state index < -0.39 is 0 Å². The lowest BCUT2D eigenvalue weighted by atomic mass is 9.89. The van der Waals surface area contributed by atoms with Crippen molar-refractivity contribution in [1.82, 2.24) is 9.47 Å². The second-order valence-electron chi connectivity index (χ2n) is 7.39. The number of nitrogens with zero attached hydrogens (tertiary/aromatic N) is 2. The molecule has 1 aliphatic rings. The van der Waals surface area contributed by atoms with Gasteiger partial charge in [-0.1, -0.05) is 48.5 Å². The van der Waals surface area contributed by atoms with Crippen molar-refractivity contribution in [2.45, 2.75) is 26.3 Å². The molecule has 1 aromatic heterocycles. The highest BCUT2D eigenvalue weighted by Crippen LogP contribution is 2.30. The van der Waals surface area contributed by atoms with E-state index in [1.54, 1.807) is 0 Å². The molecular weight excluding hydrogens is 416 g/mol. The van der Waals surface area contributed by atoms with Gasteiger partial charge in [-0.05, 0) is 41.8 Å². The number of aromatic nitrogens is 1. The quantitative estimate of drug-likeness (QED) is 0.547. The summed E-state index contributed by atoms with van der Waals surface area (Å²) in [5.74, 6) is 0.320. The van der Waals surface area contributed by atoms with Crippen molar-refractivity contribution >= 4 is 38.5 Å². The predicted octanol–water partition coefficient (Wildman–Crippen LogP) is 4.83. The van der Waals surface area contributed by atoms with Crippen molar-refractivity contribution in [1.29, 1.82) is 0 Å². The summed E-state index contributed by atoms with van der Waals surface area (Å²) < 4.78 is 3.12. The lowest BCUT2D eigenvalue weighted by Crippen LogP contribution is -2.41. The summed E-state index contributed by atoms with van der Waals surface area (Å²) in [6.07, 6.45) is 1.46. The summed E-state index contributed by atoms with van der Waals surface area (Å²) in [4.78, 5) is 27.5. The Morgan fingerprint density at radius 3 is 2.36 bits per heavy atom. The van der Waals surface area contributed by atoms with Gasteiger partial charge in [0.15, 0.2) is 5.78 Å². The number of hydrogen-bond acceptors (Lipinski definition) is 2. The Balaban J connectivity index is 1.43. The van der Waals surface area contributed by atoms with Crippen molar-refractivity contribution in [3.8, 4) is 0 Å². The van der Waals surface area contributed by atoms with Crippen molar-refractivity contribution in [3.63, 3.8) is 0 Å². The number of rotatable bonds is 4. The average Bonchev–Trinajstić information content (AvgIpc) is 2.99. The number of ketones is 1. The molecule has 1 amide bonds. The van der Waals surface area contributed by atoms with Gasteiger partial charge in [0.25, 0.3) is 0 Å². The van der Waals surface area contributed by atoms with Crippen LogP contribution >= 0.6 is 15.9 Å². The number of para-hydroxylation sites is 1. The van der Waals surface area contributed by atoms with Gasteiger partial charge in [-0.15, -0.1) is 0 Å². The van der Waals surface area contributed by atoms with Gasteiger partial charge in [0, 0.05) is 45.6 Å². The highest BCUT2D eigenvalue weighted by Gasteiger charge is 2.28. The third-order valence-corrected chi connectivity index (χ3v) is 6.72. The largest absolute Gasteiger partial charge is 0.341 e. The van der Waals surface area contributed by atoms with Crippen LogP contribution in [0.15, 0.2) is 59.1 Å². The molecule has 0 saturated carbocycles. The molecule has 144 valence electrons. The summed E-state index contributed by atoms with van der Waals surface area (Å²) in [7, 11) is 0. The van der Waals surface area contributed by atoms with Crippen LogP contribution in [0, 0.1) is 12.8 Å². The monoisotopic (exact) mass is 438 g/mol. The smallest absolute Gasteiger partial charge is 0.242 e. The standard InChI is InChI=1S/C23H23BrN2O2/c1-16-22(24)19-9-5-6-10-20(19)26(16)15-21(27)25-13-11-18(12-14-25)23(28)17-7-3-2-4-8-17/h2-10,18H,11-15H2,1H3. The minimum atomic E-state index is 0.00902. The third-order valence-electron chi connectivity index (χ3n) is 5.72. The van der Waals surface area contributed by atoms with Crippen molar-refractivity contribution < 1.29 is 9.59 Å². The Morgan fingerprint density at radius 2 is 1.64 bits per heavy atom. The Hall–Kier alpha value is -2.40. The minimum Gasteiger partial charge on any atom is -0.341 e. The Labute approximate surface area is 173 Å². The molecule has 0 N–H and O–H groups in total. The fourth-order valence-corrected chi connectivity index (χ4v) is 4.61. The zero-order valence-corrected chi connectivity index (χ0v) is 17.5. The molecule has 0 aliphatic carbocycles. The molecule has 0 spiro atoms. The predicted molar refractivity (Wildman–Crippen MR) is 114 cm³/mol. The Kier molecular flexibility index (Phi) is 5.36. The van der Waals surface area contributed by atoms with Crippen molar-refractivity contribution in [2.24, 2.45) is 5.92 Å². The maximum atomic E-state index is 12.9. The molecule has 0 unspecified atom stereocenters. The maximum Gasteiger partial charge on any atom is 0.242 e. The SMILES string of the molecule is Cc1c(Br)c2ccccc2n1CC(=O)N1CCC(C(=O)c2ccccc2)CC1. The molecule has 4 nitrogen and oxygen atoms in total. The maximum absolute atomic E-state index is 12.9. The lowest BCUT2D eigenvalue weighted by Gasteiger charge is -2.31. The normalized spacial score (nSPS) is 15.1. The first-order valence-corrected chi connectivity index (χ1v) is 10.5. The van der Waals surface area contributed by atoms with E-state index >= 15 is 0 Å². The van der Waals surface area contributed by atoms with Crippen LogP contribution in [0.3, 0.4) is 0 Å². The number of fused-ring (bicyclic) bond motifs is 1. The van der Waals surface area contributed by atoms with Crippen LogP contribution in [0.5, 0.6) is 0 Å². The van der Waals surface area contributed by atoms with Gasteiger partial charge >= 0.3 is 0 Å². The number of halogens is 1. The average molecular weight is 439 g/mol. The van der Waals surface area contributed by atoms with Crippen LogP contribution < -0.4 is 0 Å². The number of piperidine rings is 1. The number of hydrogen-bond donors (Lipinski definition) is 0. The van der Waals surface area contributed by atoms with Crippen LogP contribution in [0.1, 0.15) is 28.9 Å². The highest BCUT2D eigenvalue weighted by molar-refractivity contribution is 9.10. The first-order valence-electron chi connectivity index (χ1n) is 9.66. The zero-order chi connectivity index (χ0) is 19.7. The van der Waals surface area contributed by atoms with Gasteiger partial charge < -0.3 is 9.47 Å². The lowest BCUT2D eigenvalue weighted by molar-refractivity contribution is -0.133. The molecule has 3 aromatic rings. The van der Waals surface area contributed by atoms with Crippen LogP contribution in [0.25, 0.3) is 10.9 Å². The number of carbonyl (C=O) groups excluding carboxylic acids is 2. The first kappa shape index (κ1) is 18.9. The van der Waals surface area contributed by atoms with Crippen LogP contribution in [-0.4, -0.2) is 34.2 Å². The van der Waals surface area contributed by atoms with E-state index in [2.05, 4.69) is 26.6 Å². The van der Waals surface area contributed by atoms with Crippen molar-refractivity contribution in [2.75, 3.05) is 13.1 Å². The van der Waals surface area contributed by atoms with Crippen LogP contribution in [-0.2, 0) is 11.3 Å². The van der Waals surface area contributed by atoms with Crippen LogP contribution in [0.4, 0.5) is 0 Å². The van der Waals surface area contributed by atoms with E-state index in [4.69, 9.17) is 0 Å². The summed E-state index contributed by atoms with van der Waals surface area (Å²) in [6.45, 7) is 3.64. The number of likely N-dealkylation sites (tertiary alicyclic amines) is 1. The molecule has 1 saturated heterocycles. The van der Waals surface area contributed by atoms with Crippen molar-refractivity contribution in [3.05, 3.63) is 70.3 Å². The molecule has 4 rings (SSSR count). The molecule has 5 heteroatoms. The van der Waals surface area contributed by atoms with Gasteiger partial charge in [0.1, 0.15) is 6.54 Å². The van der Waals surface area contributed by atoms with E-state index in [0.717, 1.165) is 39.5 Å². The molecule has 0 atom stereocenters. The molecule has 0 bridgehead atoms. The van der Waals surface area contributed by atoms with E-state index in [1.807, 2.05) is 60.4 Å². The molecular formula is C23H23BrN2O2. The second kappa shape index (κ2) is 7.92. The van der Waals surface area contributed by atoms with E-state index in [-0.39, 0.29) is 17.6 Å². The number of Topliss-reactive ketones (excluding diaryl/α,β-unsaturated/α-hetero) is 1. The second-order valence-corrected chi connectivity index (χ2v) is 8.18.